The normalized spacial score (nSPS) is 23.5. The van der Waals surface area contributed by atoms with Crippen molar-refractivity contribution in [1.82, 2.24) is 0 Å². The van der Waals surface area contributed by atoms with Crippen LogP contribution < -0.4 is 10.2 Å². The predicted octanol–water partition coefficient (Wildman–Crippen LogP) is 2.70. The highest BCUT2D eigenvalue weighted by atomic mass is 16.2. The molecular weight excluding hydrogens is 212 g/mol. The summed E-state index contributed by atoms with van der Waals surface area (Å²) in [6.07, 6.45) is 4.58. The van der Waals surface area contributed by atoms with Crippen LogP contribution in [-0.4, -0.2) is 18.5 Å². The van der Waals surface area contributed by atoms with Gasteiger partial charge in [0.15, 0.2) is 0 Å². The second-order valence-corrected chi connectivity index (χ2v) is 5.02. The van der Waals surface area contributed by atoms with Gasteiger partial charge in [-0.2, -0.15) is 0 Å². The van der Waals surface area contributed by atoms with Crippen LogP contribution in [0.5, 0.6) is 0 Å². The summed E-state index contributed by atoms with van der Waals surface area (Å²) in [4.78, 5) is 14.4. The summed E-state index contributed by atoms with van der Waals surface area (Å²) >= 11 is 0. The van der Waals surface area contributed by atoms with Crippen LogP contribution in [0.3, 0.4) is 0 Å². The molecule has 2 heterocycles. The number of carbonyl (C=O) groups is 1. The van der Waals surface area contributed by atoms with Gasteiger partial charge in [-0.25, -0.2) is 0 Å². The van der Waals surface area contributed by atoms with Crippen LogP contribution in [-0.2, 0) is 4.79 Å². The lowest BCUT2D eigenvalue weighted by Gasteiger charge is -2.37. The molecule has 2 aliphatic rings. The molecule has 1 amide bonds. The van der Waals surface area contributed by atoms with E-state index in [1.165, 1.54) is 18.5 Å². The lowest BCUT2D eigenvalue weighted by molar-refractivity contribution is -0.117. The maximum absolute atomic E-state index is 12.1. The van der Waals surface area contributed by atoms with Crippen molar-refractivity contribution in [2.45, 2.75) is 38.6 Å². The van der Waals surface area contributed by atoms with E-state index < -0.39 is 0 Å². The van der Waals surface area contributed by atoms with Crippen molar-refractivity contribution < 1.29 is 4.79 Å². The van der Waals surface area contributed by atoms with Crippen molar-refractivity contribution in [2.75, 3.05) is 16.8 Å². The zero-order valence-corrected chi connectivity index (χ0v) is 10.2. The molecule has 0 spiro atoms. The Kier molecular flexibility index (Phi) is 2.54. The van der Waals surface area contributed by atoms with E-state index in [0.29, 0.717) is 0 Å². The maximum atomic E-state index is 12.1. The highest BCUT2D eigenvalue weighted by molar-refractivity contribution is 6.04. The quantitative estimate of drug-likeness (QED) is 0.743. The van der Waals surface area contributed by atoms with E-state index in [1.807, 2.05) is 0 Å². The van der Waals surface area contributed by atoms with E-state index in [2.05, 4.69) is 35.3 Å². The van der Waals surface area contributed by atoms with Gasteiger partial charge in [-0.05, 0) is 31.4 Å². The van der Waals surface area contributed by atoms with E-state index >= 15 is 0 Å². The molecule has 3 heteroatoms. The molecule has 1 unspecified atom stereocenters. The van der Waals surface area contributed by atoms with Crippen molar-refractivity contribution in [2.24, 2.45) is 0 Å². The van der Waals surface area contributed by atoms with Gasteiger partial charge in [-0.1, -0.05) is 25.0 Å². The molecule has 90 valence electrons. The molecular formula is C14H18N2O. The second kappa shape index (κ2) is 4.06. The smallest absolute Gasteiger partial charge is 0.247 e. The average Bonchev–Trinajstić information content (AvgIpc) is 2.57. The Hall–Kier alpha value is -1.51. The summed E-state index contributed by atoms with van der Waals surface area (Å²) in [6.45, 7) is 3.06. The molecule has 0 aromatic heterocycles. The van der Waals surface area contributed by atoms with Gasteiger partial charge < -0.3 is 10.2 Å². The van der Waals surface area contributed by atoms with Gasteiger partial charge in [0, 0.05) is 6.54 Å². The Bertz CT molecular complexity index is 456. The third-order valence-corrected chi connectivity index (χ3v) is 3.86. The first-order chi connectivity index (χ1) is 8.27. The number of para-hydroxylation sites is 1. The molecule has 1 aromatic rings. The SMILES string of the molecule is Cc1cccc2c1NC(=O)C1CCCCCN21. The van der Waals surface area contributed by atoms with Gasteiger partial charge in [0.25, 0.3) is 0 Å². The number of amides is 1. The zero-order chi connectivity index (χ0) is 11.8. The van der Waals surface area contributed by atoms with Crippen molar-refractivity contribution in [1.29, 1.82) is 0 Å². The fourth-order valence-corrected chi connectivity index (χ4v) is 2.93. The minimum atomic E-state index is 0.0480. The Labute approximate surface area is 102 Å². The molecule has 0 bridgehead atoms. The van der Waals surface area contributed by atoms with Gasteiger partial charge in [0.05, 0.1) is 11.4 Å². The van der Waals surface area contributed by atoms with Gasteiger partial charge in [-0.3, -0.25) is 4.79 Å². The van der Waals surface area contributed by atoms with Crippen LogP contribution in [0, 0.1) is 6.92 Å². The van der Waals surface area contributed by atoms with Crippen LogP contribution in [0.2, 0.25) is 0 Å². The maximum Gasteiger partial charge on any atom is 0.247 e. The van der Waals surface area contributed by atoms with Crippen molar-refractivity contribution in [3.63, 3.8) is 0 Å². The third-order valence-electron chi connectivity index (χ3n) is 3.86. The number of aryl methyl sites for hydroxylation is 1. The Morgan fingerprint density at radius 1 is 1.29 bits per heavy atom. The Morgan fingerprint density at radius 3 is 3.06 bits per heavy atom. The molecule has 1 aromatic carbocycles. The number of hydrogen-bond acceptors (Lipinski definition) is 2. The number of hydrogen-bond donors (Lipinski definition) is 1. The van der Waals surface area contributed by atoms with Gasteiger partial charge in [0.1, 0.15) is 6.04 Å². The van der Waals surface area contributed by atoms with Crippen molar-refractivity contribution in [3.05, 3.63) is 23.8 Å². The van der Waals surface area contributed by atoms with E-state index in [0.717, 1.165) is 30.6 Å². The second-order valence-electron chi connectivity index (χ2n) is 5.02. The lowest BCUT2D eigenvalue weighted by Crippen LogP contribution is -2.47. The fraction of sp³-hybridized carbons (Fsp3) is 0.500. The summed E-state index contributed by atoms with van der Waals surface area (Å²) in [5.41, 5.74) is 3.37. The van der Waals surface area contributed by atoms with Crippen LogP contribution in [0.25, 0.3) is 0 Å². The monoisotopic (exact) mass is 230 g/mol. The molecule has 0 radical (unpaired) electrons. The highest BCUT2D eigenvalue weighted by Crippen LogP contribution is 2.37. The molecule has 1 atom stereocenters. The van der Waals surface area contributed by atoms with Crippen molar-refractivity contribution in [3.8, 4) is 0 Å². The highest BCUT2D eigenvalue weighted by Gasteiger charge is 2.33. The third kappa shape index (κ3) is 1.70. The van der Waals surface area contributed by atoms with E-state index in [9.17, 15) is 4.79 Å². The van der Waals surface area contributed by atoms with Crippen molar-refractivity contribution >= 4 is 17.3 Å². The first-order valence-corrected chi connectivity index (χ1v) is 6.44. The molecule has 17 heavy (non-hydrogen) atoms. The van der Waals surface area contributed by atoms with Crippen LogP contribution in [0.15, 0.2) is 18.2 Å². The summed E-state index contributed by atoms with van der Waals surface area (Å²) in [7, 11) is 0. The van der Waals surface area contributed by atoms with Gasteiger partial charge >= 0.3 is 0 Å². The number of fused-ring (bicyclic) bond motifs is 3. The van der Waals surface area contributed by atoms with Crippen LogP contribution >= 0.6 is 0 Å². The minimum absolute atomic E-state index is 0.0480. The first-order valence-electron chi connectivity index (χ1n) is 6.44. The first kappa shape index (κ1) is 10.6. The molecule has 1 fully saturated rings. The molecule has 1 N–H and O–H groups in total. The summed E-state index contributed by atoms with van der Waals surface area (Å²) in [5.74, 6) is 0.175. The summed E-state index contributed by atoms with van der Waals surface area (Å²) in [6, 6.07) is 6.30. The van der Waals surface area contributed by atoms with E-state index in [-0.39, 0.29) is 11.9 Å². The number of carbonyl (C=O) groups excluding carboxylic acids is 1. The van der Waals surface area contributed by atoms with E-state index in [4.69, 9.17) is 0 Å². The number of nitrogens with one attached hydrogen (secondary N) is 1. The Balaban J connectivity index is 2.07. The van der Waals surface area contributed by atoms with Crippen LogP contribution in [0.4, 0.5) is 11.4 Å². The molecule has 2 aliphatic heterocycles. The zero-order valence-electron chi connectivity index (χ0n) is 10.2. The molecule has 0 saturated carbocycles. The standard InChI is InChI=1S/C14H18N2O/c1-10-6-5-8-11-13(10)15-14(17)12-7-3-2-4-9-16(11)12/h5-6,8,12H,2-4,7,9H2,1H3,(H,15,17). The Morgan fingerprint density at radius 2 is 2.18 bits per heavy atom. The van der Waals surface area contributed by atoms with Crippen LogP contribution in [0.1, 0.15) is 31.2 Å². The number of rotatable bonds is 0. The van der Waals surface area contributed by atoms with Gasteiger partial charge in [0.2, 0.25) is 5.91 Å². The summed E-state index contributed by atoms with van der Waals surface area (Å²) in [5, 5.41) is 3.07. The predicted molar refractivity (Wildman–Crippen MR) is 69.4 cm³/mol. The number of nitrogens with zero attached hydrogens (tertiary/aromatic N) is 1. The molecule has 3 rings (SSSR count). The molecule has 1 saturated heterocycles. The molecule has 0 aliphatic carbocycles. The topological polar surface area (TPSA) is 32.3 Å². The number of benzene rings is 1. The van der Waals surface area contributed by atoms with Gasteiger partial charge in [-0.15, -0.1) is 0 Å². The molecule has 3 nitrogen and oxygen atoms in total. The number of anilines is 2. The fourth-order valence-electron chi connectivity index (χ4n) is 2.93. The minimum Gasteiger partial charge on any atom is -0.358 e. The summed E-state index contributed by atoms with van der Waals surface area (Å²) < 4.78 is 0. The largest absolute Gasteiger partial charge is 0.358 e. The van der Waals surface area contributed by atoms with E-state index in [1.54, 1.807) is 0 Å². The average molecular weight is 230 g/mol. The lowest BCUT2D eigenvalue weighted by atomic mass is 10.0.